The van der Waals surface area contributed by atoms with Crippen molar-refractivity contribution in [2.75, 3.05) is 0 Å². The summed E-state index contributed by atoms with van der Waals surface area (Å²) in [5, 5.41) is 10.7. The smallest absolute Gasteiger partial charge is 0.405 e. The molecule has 1 atom stereocenters. The van der Waals surface area contributed by atoms with E-state index in [0.717, 1.165) is 0 Å². The van der Waals surface area contributed by atoms with E-state index in [-0.39, 0.29) is 5.75 Å². The lowest BCUT2D eigenvalue weighted by Crippen LogP contribution is -2.24. The Morgan fingerprint density at radius 2 is 2.11 bits per heavy atom. The zero-order chi connectivity index (χ0) is 13.9. The minimum atomic E-state index is -1.19. The van der Waals surface area contributed by atoms with Crippen molar-refractivity contribution in [3.05, 3.63) is 29.6 Å². The summed E-state index contributed by atoms with van der Waals surface area (Å²) in [6, 6.07) is 4.31. The highest BCUT2D eigenvalue weighted by molar-refractivity contribution is 9.09. The number of nitrogens with one attached hydrogen (secondary N) is 1. The van der Waals surface area contributed by atoms with Gasteiger partial charge in [-0.1, -0.05) is 22.0 Å². The van der Waals surface area contributed by atoms with E-state index in [1.165, 1.54) is 12.1 Å². The first kappa shape index (κ1) is 14.8. The van der Waals surface area contributed by atoms with Crippen LogP contribution in [0.5, 0.6) is 5.75 Å². The molecule has 100 valence electrons. The Kier molecular flexibility index (Phi) is 4.56. The van der Waals surface area contributed by atoms with Crippen LogP contribution in [0.2, 0.25) is 0 Å². The maximum absolute atomic E-state index is 13.8. The highest BCUT2D eigenvalue weighted by atomic mass is 79.9. The number of hydrogen-bond donors (Lipinski definition) is 2. The topological polar surface area (TPSA) is 58.6 Å². The summed E-state index contributed by atoms with van der Waals surface area (Å²) in [4.78, 5) is 9.80. The molecule has 0 aliphatic rings. The molecule has 0 aromatic heterocycles. The number of rotatable bonds is 3. The van der Waals surface area contributed by atoms with E-state index in [1.807, 2.05) is 20.8 Å². The van der Waals surface area contributed by atoms with Crippen LogP contribution in [0.3, 0.4) is 0 Å². The quantitative estimate of drug-likeness (QED) is 0.660. The Hall–Kier alpha value is -1.30. The van der Waals surface area contributed by atoms with Crippen LogP contribution in [-0.4, -0.2) is 16.8 Å². The van der Waals surface area contributed by atoms with Crippen molar-refractivity contribution in [3.8, 4) is 5.75 Å². The van der Waals surface area contributed by atoms with Crippen molar-refractivity contribution in [2.24, 2.45) is 0 Å². The Balaban J connectivity index is 2.88. The average Bonchev–Trinajstić information content (AvgIpc) is 2.18. The number of ether oxygens (including phenoxy) is 1. The average molecular weight is 320 g/mol. The lowest BCUT2D eigenvalue weighted by Gasteiger charge is -2.22. The molecule has 1 amide bonds. The fourth-order valence-corrected chi connectivity index (χ4v) is 1.76. The number of benzene rings is 1. The van der Waals surface area contributed by atoms with E-state index in [0.29, 0.717) is 5.56 Å². The summed E-state index contributed by atoms with van der Waals surface area (Å²) < 4.78 is 19.2. The maximum atomic E-state index is 13.8. The van der Waals surface area contributed by atoms with Crippen LogP contribution in [0.1, 0.15) is 31.3 Å². The summed E-state index contributed by atoms with van der Waals surface area (Å²) in [7, 11) is 0. The molecule has 0 heterocycles. The minimum Gasteiger partial charge on any atom is -0.485 e. The number of halogens is 2. The highest BCUT2D eigenvalue weighted by Crippen LogP contribution is 2.27. The molecule has 18 heavy (non-hydrogen) atoms. The predicted molar refractivity (Wildman–Crippen MR) is 69.6 cm³/mol. The van der Waals surface area contributed by atoms with E-state index >= 15 is 0 Å². The van der Waals surface area contributed by atoms with Gasteiger partial charge in [-0.25, -0.2) is 9.18 Å². The van der Waals surface area contributed by atoms with Crippen LogP contribution < -0.4 is 10.1 Å². The van der Waals surface area contributed by atoms with Crippen LogP contribution in [0.15, 0.2) is 18.2 Å². The van der Waals surface area contributed by atoms with Gasteiger partial charge in [0.15, 0.2) is 11.6 Å². The maximum Gasteiger partial charge on any atom is 0.405 e. The van der Waals surface area contributed by atoms with Gasteiger partial charge in [0.05, 0.1) is 0 Å². The molecule has 4 nitrogen and oxygen atoms in total. The number of amides is 1. The summed E-state index contributed by atoms with van der Waals surface area (Å²) in [6.45, 7) is 5.46. The molecule has 0 bridgehead atoms. The number of alkyl halides is 1. The monoisotopic (exact) mass is 319 g/mol. The molecule has 1 rings (SSSR count). The predicted octanol–water partition coefficient (Wildman–Crippen LogP) is 3.66. The van der Waals surface area contributed by atoms with Crippen LogP contribution >= 0.6 is 15.9 Å². The molecule has 2 N–H and O–H groups in total. The second kappa shape index (κ2) is 5.56. The zero-order valence-electron chi connectivity index (χ0n) is 10.3. The molecule has 0 fully saturated rings. The zero-order valence-corrected chi connectivity index (χ0v) is 11.9. The molecular weight excluding hydrogens is 305 g/mol. The third kappa shape index (κ3) is 4.52. The molecule has 0 aliphatic carbocycles. The van der Waals surface area contributed by atoms with Gasteiger partial charge in [0.2, 0.25) is 0 Å². The Morgan fingerprint density at radius 3 is 2.56 bits per heavy atom. The summed E-state index contributed by atoms with van der Waals surface area (Å²) >= 11 is 3.11. The first-order chi connectivity index (χ1) is 8.19. The van der Waals surface area contributed by atoms with E-state index in [2.05, 4.69) is 21.2 Å². The van der Waals surface area contributed by atoms with Gasteiger partial charge in [0.1, 0.15) is 10.6 Å². The van der Waals surface area contributed by atoms with Gasteiger partial charge >= 0.3 is 6.09 Å². The minimum absolute atomic E-state index is 0.140. The molecule has 1 unspecified atom stereocenters. The van der Waals surface area contributed by atoms with Crippen LogP contribution in [-0.2, 0) is 0 Å². The summed E-state index contributed by atoms with van der Waals surface area (Å²) in [5.74, 6) is -0.389. The third-order valence-electron chi connectivity index (χ3n) is 1.91. The van der Waals surface area contributed by atoms with Crippen molar-refractivity contribution < 1.29 is 19.0 Å². The van der Waals surface area contributed by atoms with E-state index in [9.17, 15) is 9.18 Å². The summed E-state index contributed by atoms with van der Waals surface area (Å²) in [5.41, 5.74) is -0.0219. The normalized spacial score (nSPS) is 12.9. The Bertz CT molecular complexity index is 445. The largest absolute Gasteiger partial charge is 0.485 e. The van der Waals surface area contributed by atoms with Crippen LogP contribution in [0, 0.1) is 5.82 Å². The second-order valence-electron chi connectivity index (χ2n) is 4.72. The molecular formula is C12H15BrFNO3. The van der Waals surface area contributed by atoms with Crippen molar-refractivity contribution in [2.45, 2.75) is 31.3 Å². The lowest BCUT2D eigenvalue weighted by molar-refractivity contribution is 0.124. The lowest BCUT2D eigenvalue weighted by atomic mass is 10.1. The van der Waals surface area contributed by atoms with Crippen molar-refractivity contribution in [1.82, 2.24) is 5.32 Å². The Morgan fingerprint density at radius 1 is 1.50 bits per heavy atom. The van der Waals surface area contributed by atoms with E-state index in [4.69, 9.17) is 9.84 Å². The van der Waals surface area contributed by atoms with E-state index in [1.54, 1.807) is 6.07 Å². The molecule has 0 radical (unpaired) electrons. The molecule has 0 aliphatic heterocycles. The van der Waals surface area contributed by atoms with Gasteiger partial charge in [-0.3, -0.25) is 0 Å². The van der Waals surface area contributed by atoms with Gasteiger partial charge in [0, 0.05) is 0 Å². The molecule has 0 spiro atoms. The molecule has 0 saturated heterocycles. The third-order valence-corrected chi connectivity index (χ3v) is 2.67. The first-order valence-corrected chi connectivity index (χ1v) is 6.22. The highest BCUT2D eigenvalue weighted by Gasteiger charge is 2.17. The molecule has 1 aromatic rings. The molecule has 1 aromatic carbocycles. The summed E-state index contributed by atoms with van der Waals surface area (Å²) in [6.07, 6.45) is -1.19. The van der Waals surface area contributed by atoms with Gasteiger partial charge in [0.25, 0.3) is 0 Å². The standard InChI is InChI=1S/C12H15BrFNO3/c1-12(2,3)18-9-5-4-7(6-8(9)14)10(13)15-11(16)17/h4-6,10,15H,1-3H3,(H,16,17). The van der Waals surface area contributed by atoms with Gasteiger partial charge in [-0.2, -0.15) is 0 Å². The molecule has 0 saturated carbocycles. The fraction of sp³-hybridized carbons (Fsp3) is 0.417. The van der Waals surface area contributed by atoms with Crippen LogP contribution in [0.25, 0.3) is 0 Å². The number of carbonyl (C=O) groups is 1. The Labute approximate surface area is 113 Å². The number of carboxylic acid groups (broad SMARTS) is 1. The van der Waals surface area contributed by atoms with Crippen molar-refractivity contribution >= 4 is 22.0 Å². The first-order valence-electron chi connectivity index (χ1n) is 5.31. The van der Waals surface area contributed by atoms with Crippen LogP contribution in [0.4, 0.5) is 9.18 Å². The second-order valence-corrected chi connectivity index (χ2v) is 5.63. The van der Waals surface area contributed by atoms with Gasteiger partial charge in [-0.15, -0.1) is 0 Å². The van der Waals surface area contributed by atoms with E-state index < -0.39 is 22.5 Å². The van der Waals surface area contributed by atoms with Crippen molar-refractivity contribution in [1.29, 1.82) is 0 Å². The van der Waals surface area contributed by atoms with Gasteiger partial charge in [-0.05, 0) is 38.5 Å². The van der Waals surface area contributed by atoms with Crippen molar-refractivity contribution in [3.63, 3.8) is 0 Å². The fourth-order valence-electron chi connectivity index (χ4n) is 1.28. The SMILES string of the molecule is CC(C)(C)Oc1ccc(C(Br)NC(=O)O)cc1F. The van der Waals surface area contributed by atoms with Gasteiger partial charge < -0.3 is 15.2 Å². The molecule has 6 heteroatoms. The number of hydrogen-bond acceptors (Lipinski definition) is 2.